The Bertz CT molecular complexity index is 689. The number of benzene rings is 1. The van der Waals surface area contributed by atoms with Gasteiger partial charge in [-0.25, -0.2) is 8.42 Å². The van der Waals surface area contributed by atoms with Gasteiger partial charge in [0.15, 0.2) is 11.5 Å². The third-order valence-corrected chi connectivity index (χ3v) is 6.08. The minimum Gasteiger partial charge on any atom is -0.486 e. The third-order valence-electron chi connectivity index (χ3n) is 4.18. The smallest absolute Gasteiger partial charge is 0.243 e. The van der Waals surface area contributed by atoms with E-state index in [1.165, 1.54) is 0 Å². The monoisotopic (exact) mass is 354 g/mol. The Labute approximate surface area is 144 Å². The van der Waals surface area contributed by atoms with Crippen molar-refractivity contribution < 1.29 is 17.9 Å². The van der Waals surface area contributed by atoms with E-state index in [2.05, 4.69) is 25.7 Å². The minimum atomic E-state index is -3.49. The molecule has 2 heterocycles. The number of hydrogen-bond acceptors (Lipinski definition) is 5. The number of sulfonamides is 1. The van der Waals surface area contributed by atoms with Crippen LogP contribution in [0.2, 0.25) is 0 Å². The second-order valence-electron chi connectivity index (χ2n) is 7.55. The molecule has 1 aromatic carbocycles. The highest BCUT2D eigenvalue weighted by atomic mass is 32.2. The summed E-state index contributed by atoms with van der Waals surface area (Å²) in [6.45, 7) is 11.1. The molecule has 0 unspecified atom stereocenters. The van der Waals surface area contributed by atoms with E-state index in [-0.39, 0.29) is 10.3 Å². The van der Waals surface area contributed by atoms with Crippen molar-refractivity contribution in [2.24, 2.45) is 5.41 Å². The van der Waals surface area contributed by atoms with Crippen LogP contribution < -0.4 is 9.47 Å². The molecule has 6 nitrogen and oxygen atoms in total. The molecular formula is C17H26N2O4S. The van der Waals surface area contributed by atoms with E-state index < -0.39 is 10.0 Å². The predicted octanol–water partition coefficient (Wildman–Crippen LogP) is 1.81. The van der Waals surface area contributed by atoms with Crippen LogP contribution in [0.1, 0.15) is 20.8 Å². The van der Waals surface area contributed by atoms with Crippen molar-refractivity contribution in [1.29, 1.82) is 0 Å². The highest BCUT2D eigenvalue weighted by Gasteiger charge is 2.30. The lowest BCUT2D eigenvalue weighted by Crippen LogP contribution is -2.50. The van der Waals surface area contributed by atoms with Crippen LogP contribution in [-0.2, 0) is 10.0 Å². The van der Waals surface area contributed by atoms with Gasteiger partial charge in [0.1, 0.15) is 13.2 Å². The van der Waals surface area contributed by atoms with Crippen molar-refractivity contribution in [2.45, 2.75) is 25.7 Å². The molecular weight excluding hydrogens is 328 g/mol. The molecule has 0 atom stereocenters. The van der Waals surface area contributed by atoms with Crippen molar-refractivity contribution in [3.63, 3.8) is 0 Å². The average molecular weight is 354 g/mol. The topological polar surface area (TPSA) is 59.1 Å². The van der Waals surface area contributed by atoms with Crippen LogP contribution >= 0.6 is 0 Å². The zero-order chi connectivity index (χ0) is 17.4. The first kappa shape index (κ1) is 17.5. The van der Waals surface area contributed by atoms with Crippen LogP contribution in [0.3, 0.4) is 0 Å². The van der Waals surface area contributed by atoms with Crippen LogP contribution in [0, 0.1) is 5.41 Å². The number of fused-ring (bicyclic) bond motifs is 1. The van der Waals surface area contributed by atoms with Crippen LogP contribution in [0.5, 0.6) is 11.5 Å². The van der Waals surface area contributed by atoms with Crippen LogP contribution in [0.4, 0.5) is 0 Å². The van der Waals surface area contributed by atoms with Gasteiger partial charge in [0.05, 0.1) is 4.90 Å². The fourth-order valence-electron chi connectivity index (χ4n) is 3.13. The largest absolute Gasteiger partial charge is 0.486 e. The van der Waals surface area contributed by atoms with Gasteiger partial charge >= 0.3 is 0 Å². The summed E-state index contributed by atoms with van der Waals surface area (Å²) in [7, 11) is -3.49. The van der Waals surface area contributed by atoms with E-state index >= 15 is 0 Å². The van der Waals surface area contributed by atoms with E-state index in [0.29, 0.717) is 37.8 Å². The number of nitrogens with zero attached hydrogens (tertiary/aromatic N) is 2. The van der Waals surface area contributed by atoms with E-state index in [4.69, 9.17) is 9.47 Å². The van der Waals surface area contributed by atoms with Gasteiger partial charge in [0.2, 0.25) is 10.0 Å². The first-order chi connectivity index (χ1) is 11.3. The maximum Gasteiger partial charge on any atom is 0.243 e. The fourth-order valence-corrected chi connectivity index (χ4v) is 4.57. The molecule has 0 radical (unpaired) electrons. The van der Waals surface area contributed by atoms with E-state index in [1.807, 2.05) is 0 Å². The summed E-state index contributed by atoms with van der Waals surface area (Å²) in [6.07, 6.45) is 0. The zero-order valence-electron chi connectivity index (χ0n) is 14.6. The number of hydrogen-bond donors (Lipinski definition) is 0. The molecule has 0 saturated carbocycles. The van der Waals surface area contributed by atoms with Gasteiger partial charge < -0.3 is 14.4 Å². The molecule has 134 valence electrons. The Hall–Kier alpha value is -1.31. The summed E-state index contributed by atoms with van der Waals surface area (Å²) in [5.41, 5.74) is 0.219. The molecule has 2 aliphatic rings. The minimum absolute atomic E-state index is 0.219. The van der Waals surface area contributed by atoms with Gasteiger partial charge in [0, 0.05) is 38.8 Å². The molecule has 1 aromatic rings. The van der Waals surface area contributed by atoms with Gasteiger partial charge in [-0.2, -0.15) is 4.31 Å². The lowest BCUT2D eigenvalue weighted by atomic mass is 9.96. The summed E-state index contributed by atoms with van der Waals surface area (Å²) in [6, 6.07) is 4.85. The summed E-state index contributed by atoms with van der Waals surface area (Å²) < 4.78 is 38.3. The lowest BCUT2D eigenvalue weighted by molar-refractivity contribution is 0.141. The summed E-state index contributed by atoms with van der Waals surface area (Å²) in [5, 5.41) is 0. The second-order valence-corrected chi connectivity index (χ2v) is 9.48. The molecule has 0 bridgehead atoms. The number of ether oxygens (including phenoxy) is 2. The van der Waals surface area contributed by atoms with Gasteiger partial charge in [-0.05, 0) is 17.5 Å². The molecule has 1 saturated heterocycles. The van der Waals surface area contributed by atoms with Gasteiger partial charge in [-0.15, -0.1) is 0 Å². The molecule has 0 aromatic heterocycles. The zero-order valence-corrected chi connectivity index (χ0v) is 15.4. The Morgan fingerprint density at radius 2 is 1.62 bits per heavy atom. The van der Waals surface area contributed by atoms with Crippen LogP contribution in [-0.4, -0.2) is 63.6 Å². The summed E-state index contributed by atoms with van der Waals surface area (Å²) in [5.74, 6) is 1.11. The molecule has 7 heteroatoms. The highest BCUT2D eigenvalue weighted by Crippen LogP contribution is 2.33. The standard InChI is InChI=1S/C17H26N2O4S/c1-17(2,3)13-18-6-8-19(9-7-18)24(20,21)14-4-5-15-16(12-14)23-11-10-22-15/h4-5,12H,6-11,13H2,1-3H3. The van der Waals surface area contributed by atoms with Crippen molar-refractivity contribution in [2.75, 3.05) is 45.9 Å². The highest BCUT2D eigenvalue weighted by molar-refractivity contribution is 7.89. The number of rotatable bonds is 3. The Morgan fingerprint density at radius 1 is 1.00 bits per heavy atom. The third kappa shape index (κ3) is 3.84. The van der Waals surface area contributed by atoms with E-state index in [9.17, 15) is 8.42 Å². The Kier molecular flexibility index (Phi) is 4.77. The predicted molar refractivity (Wildman–Crippen MR) is 92.1 cm³/mol. The quantitative estimate of drug-likeness (QED) is 0.829. The van der Waals surface area contributed by atoms with Crippen molar-refractivity contribution >= 4 is 10.0 Å². The summed E-state index contributed by atoms with van der Waals surface area (Å²) in [4.78, 5) is 2.60. The van der Waals surface area contributed by atoms with Gasteiger partial charge in [0.25, 0.3) is 0 Å². The molecule has 1 fully saturated rings. The van der Waals surface area contributed by atoms with Crippen molar-refractivity contribution in [3.8, 4) is 11.5 Å². The van der Waals surface area contributed by atoms with Crippen LogP contribution in [0.25, 0.3) is 0 Å². The Balaban J connectivity index is 1.70. The van der Waals surface area contributed by atoms with Crippen LogP contribution in [0.15, 0.2) is 23.1 Å². The molecule has 0 N–H and O–H groups in total. The maximum absolute atomic E-state index is 12.9. The fraction of sp³-hybridized carbons (Fsp3) is 0.647. The first-order valence-corrected chi connectivity index (χ1v) is 9.82. The van der Waals surface area contributed by atoms with E-state index in [1.54, 1.807) is 22.5 Å². The van der Waals surface area contributed by atoms with Gasteiger partial charge in [-0.3, -0.25) is 0 Å². The molecule has 24 heavy (non-hydrogen) atoms. The molecule has 3 rings (SSSR count). The van der Waals surface area contributed by atoms with Crippen molar-refractivity contribution in [3.05, 3.63) is 18.2 Å². The van der Waals surface area contributed by atoms with Gasteiger partial charge in [-0.1, -0.05) is 20.8 Å². The first-order valence-electron chi connectivity index (χ1n) is 8.38. The number of piperazine rings is 1. The van der Waals surface area contributed by atoms with E-state index in [0.717, 1.165) is 19.6 Å². The lowest BCUT2D eigenvalue weighted by Gasteiger charge is -2.37. The maximum atomic E-state index is 12.9. The Morgan fingerprint density at radius 3 is 2.25 bits per heavy atom. The second kappa shape index (κ2) is 6.54. The SMILES string of the molecule is CC(C)(C)CN1CCN(S(=O)(=O)c2ccc3c(c2)OCCO3)CC1. The average Bonchev–Trinajstić information content (AvgIpc) is 2.53. The molecule has 0 amide bonds. The summed E-state index contributed by atoms with van der Waals surface area (Å²) >= 11 is 0. The molecule has 0 aliphatic carbocycles. The molecule has 0 spiro atoms. The molecule has 2 aliphatic heterocycles. The van der Waals surface area contributed by atoms with Crippen molar-refractivity contribution in [1.82, 2.24) is 9.21 Å². The normalized spacial score (nSPS) is 20.1.